The Kier molecular flexibility index (Phi) is 6.12. The Balaban J connectivity index is 1.85. The lowest BCUT2D eigenvalue weighted by molar-refractivity contribution is 0.835. The normalized spacial score (nSPS) is 11.6. The molecule has 3 heteroatoms. The van der Waals surface area contributed by atoms with Crippen molar-refractivity contribution in [3.8, 4) is 11.4 Å². The van der Waals surface area contributed by atoms with Gasteiger partial charge in [-0.05, 0) is 47.2 Å². The van der Waals surface area contributed by atoms with E-state index in [-0.39, 0.29) is 0 Å². The molecule has 138 valence electrons. The molecule has 3 aromatic rings. The molecule has 0 fully saturated rings. The summed E-state index contributed by atoms with van der Waals surface area (Å²) in [6.07, 6.45) is 4.48. The van der Waals surface area contributed by atoms with Gasteiger partial charge in [-0.15, -0.1) is 0 Å². The van der Waals surface area contributed by atoms with Gasteiger partial charge in [0.1, 0.15) is 0 Å². The van der Waals surface area contributed by atoms with E-state index in [9.17, 15) is 0 Å². The average Bonchev–Trinajstić information content (AvgIpc) is 2.68. The van der Waals surface area contributed by atoms with Gasteiger partial charge in [-0.1, -0.05) is 58.0 Å². The van der Waals surface area contributed by atoms with Gasteiger partial charge >= 0.3 is 0 Å². The molecular weight excluding hydrogens is 330 g/mol. The van der Waals surface area contributed by atoms with Crippen LogP contribution in [0.25, 0.3) is 11.4 Å². The van der Waals surface area contributed by atoms with E-state index in [1.165, 1.54) is 11.1 Å². The first-order valence-electron chi connectivity index (χ1n) is 9.59. The molecule has 2 heterocycles. The molecule has 0 aliphatic heterocycles. The Morgan fingerprint density at radius 1 is 0.815 bits per heavy atom. The molecule has 0 spiro atoms. The van der Waals surface area contributed by atoms with Crippen molar-refractivity contribution in [1.82, 2.24) is 9.97 Å². The van der Waals surface area contributed by atoms with Crippen LogP contribution in [0.4, 0.5) is 5.69 Å². The highest BCUT2D eigenvalue weighted by Gasteiger charge is 2.12. The van der Waals surface area contributed by atoms with Gasteiger partial charge in [-0.3, -0.25) is 15.0 Å². The summed E-state index contributed by atoms with van der Waals surface area (Å²) in [6.45, 7) is 8.87. The fourth-order valence-electron chi connectivity index (χ4n) is 3.14. The Bertz CT molecular complexity index is 886. The van der Waals surface area contributed by atoms with Gasteiger partial charge in [-0.2, -0.15) is 0 Å². The van der Waals surface area contributed by atoms with Crippen LogP contribution in [0.2, 0.25) is 0 Å². The third kappa shape index (κ3) is 4.68. The number of nitrogens with zero attached hydrogens (tertiary/aromatic N) is 3. The minimum Gasteiger partial charge on any atom is -0.260 e. The maximum atomic E-state index is 4.87. The Morgan fingerprint density at radius 3 is 2.11 bits per heavy atom. The van der Waals surface area contributed by atoms with E-state index in [1.807, 2.05) is 42.6 Å². The zero-order valence-corrected chi connectivity index (χ0v) is 16.6. The van der Waals surface area contributed by atoms with Gasteiger partial charge in [0.2, 0.25) is 0 Å². The van der Waals surface area contributed by atoms with E-state index in [2.05, 4.69) is 50.9 Å². The Labute approximate surface area is 162 Å². The molecule has 0 aliphatic carbocycles. The van der Waals surface area contributed by atoms with Crippen molar-refractivity contribution in [3.63, 3.8) is 0 Å². The predicted molar refractivity (Wildman–Crippen MR) is 114 cm³/mol. The minimum absolute atomic E-state index is 0.446. The maximum absolute atomic E-state index is 4.87. The summed E-state index contributed by atoms with van der Waals surface area (Å²) in [5.74, 6) is 0.892. The lowest BCUT2D eigenvalue weighted by Crippen LogP contribution is -1.97. The lowest BCUT2D eigenvalue weighted by atomic mass is 9.93. The number of aromatic nitrogens is 2. The second kappa shape index (κ2) is 8.72. The van der Waals surface area contributed by atoms with Gasteiger partial charge in [0.05, 0.1) is 17.1 Å². The van der Waals surface area contributed by atoms with E-state index >= 15 is 0 Å². The average molecular weight is 358 g/mol. The first-order chi connectivity index (χ1) is 13.1. The number of aliphatic imine (C=N–C) groups is 1. The minimum atomic E-state index is 0.446. The number of hydrogen-bond acceptors (Lipinski definition) is 3. The molecule has 0 atom stereocenters. The van der Waals surface area contributed by atoms with Crippen molar-refractivity contribution < 1.29 is 0 Å². The first kappa shape index (κ1) is 19.0. The molecule has 0 N–H and O–H groups in total. The van der Waals surface area contributed by atoms with Crippen LogP contribution in [-0.2, 0) is 6.42 Å². The molecular formula is C24H27N3. The highest BCUT2D eigenvalue weighted by molar-refractivity contribution is 5.69. The van der Waals surface area contributed by atoms with E-state index in [0.717, 1.165) is 22.8 Å². The van der Waals surface area contributed by atoms with Crippen LogP contribution in [0.5, 0.6) is 0 Å². The van der Waals surface area contributed by atoms with E-state index in [4.69, 9.17) is 9.98 Å². The quantitative estimate of drug-likeness (QED) is 0.483. The van der Waals surface area contributed by atoms with Gasteiger partial charge in [0.25, 0.3) is 0 Å². The summed E-state index contributed by atoms with van der Waals surface area (Å²) in [7, 11) is 0. The summed E-state index contributed by atoms with van der Waals surface area (Å²) in [5, 5.41) is 0. The fourth-order valence-corrected chi connectivity index (χ4v) is 3.14. The largest absolute Gasteiger partial charge is 0.260 e. The monoisotopic (exact) mass is 357 g/mol. The molecule has 0 aliphatic rings. The molecule has 3 nitrogen and oxygen atoms in total. The van der Waals surface area contributed by atoms with Crippen LogP contribution in [0, 0.1) is 0 Å². The van der Waals surface area contributed by atoms with Crippen molar-refractivity contribution in [2.24, 2.45) is 4.99 Å². The maximum Gasteiger partial charge on any atom is 0.0889 e. The van der Waals surface area contributed by atoms with Crippen LogP contribution in [0.1, 0.15) is 56.4 Å². The number of pyridine rings is 2. The van der Waals surface area contributed by atoms with Crippen molar-refractivity contribution in [3.05, 3.63) is 77.6 Å². The van der Waals surface area contributed by atoms with Crippen LogP contribution in [0.15, 0.2) is 65.8 Å². The van der Waals surface area contributed by atoms with Crippen molar-refractivity contribution in [2.45, 2.75) is 46.0 Å². The molecule has 27 heavy (non-hydrogen) atoms. The van der Waals surface area contributed by atoms with Crippen molar-refractivity contribution in [1.29, 1.82) is 0 Å². The van der Waals surface area contributed by atoms with E-state index in [0.29, 0.717) is 18.3 Å². The SMILES string of the molecule is CC(C)c1cccc(C(C)C)c1N=CCc1cccc(-c2ccccn2)n1. The Hall–Kier alpha value is -2.81. The molecule has 0 bridgehead atoms. The van der Waals surface area contributed by atoms with E-state index < -0.39 is 0 Å². The molecule has 0 saturated heterocycles. The third-order valence-corrected chi connectivity index (χ3v) is 4.60. The van der Waals surface area contributed by atoms with Crippen molar-refractivity contribution >= 4 is 11.9 Å². The molecule has 0 amide bonds. The lowest BCUT2D eigenvalue weighted by Gasteiger charge is -2.16. The zero-order chi connectivity index (χ0) is 19.2. The topological polar surface area (TPSA) is 38.1 Å². The van der Waals surface area contributed by atoms with Crippen LogP contribution >= 0.6 is 0 Å². The number of hydrogen-bond donors (Lipinski definition) is 0. The highest BCUT2D eigenvalue weighted by Crippen LogP contribution is 2.34. The number of para-hydroxylation sites is 1. The summed E-state index contributed by atoms with van der Waals surface area (Å²) in [5.41, 5.74) is 6.49. The van der Waals surface area contributed by atoms with Gasteiger partial charge in [0, 0.05) is 24.5 Å². The van der Waals surface area contributed by atoms with Gasteiger partial charge < -0.3 is 0 Å². The standard InChI is InChI=1S/C24H27N3/c1-17(2)20-10-8-11-21(18(3)4)24(20)26-16-14-19-9-7-13-23(27-19)22-12-5-6-15-25-22/h5-13,15-18H,14H2,1-4H3. The predicted octanol–water partition coefficient (Wildman–Crippen LogP) is 6.34. The molecule has 2 aromatic heterocycles. The third-order valence-electron chi connectivity index (χ3n) is 4.60. The second-order valence-electron chi connectivity index (χ2n) is 7.34. The zero-order valence-electron chi connectivity index (χ0n) is 16.6. The van der Waals surface area contributed by atoms with Crippen molar-refractivity contribution in [2.75, 3.05) is 0 Å². The summed E-state index contributed by atoms with van der Waals surface area (Å²) < 4.78 is 0. The first-order valence-corrected chi connectivity index (χ1v) is 9.59. The van der Waals surface area contributed by atoms with Crippen LogP contribution in [0.3, 0.4) is 0 Å². The fraction of sp³-hybridized carbons (Fsp3) is 0.292. The molecule has 0 saturated carbocycles. The van der Waals surface area contributed by atoms with Crippen LogP contribution < -0.4 is 0 Å². The van der Waals surface area contributed by atoms with Gasteiger partial charge in [0.15, 0.2) is 0 Å². The molecule has 1 aromatic carbocycles. The summed E-state index contributed by atoms with van der Waals surface area (Å²) >= 11 is 0. The van der Waals surface area contributed by atoms with Crippen LogP contribution in [-0.4, -0.2) is 16.2 Å². The second-order valence-corrected chi connectivity index (χ2v) is 7.34. The van der Waals surface area contributed by atoms with E-state index in [1.54, 1.807) is 6.20 Å². The number of benzene rings is 1. The summed E-state index contributed by atoms with van der Waals surface area (Å²) in [6, 6.07) is 18.4. The highest BCUT2D eigenvalue weighted by atomic mass is 14.8. The smallest absolute Gasteiger partial charge is 0.0889 e. The molecule has 3 rings (SSSR count). The number of rotatable bonds is 6. The summed E-state index contributed by atoms with van der Waals surface area (Å²) in [4.78, 5) is 14.0. The molecule has 0 unspecified atom stereocenters. The molecule has 0 radical (unpaired) electrons. The Morgan fingerprint density at radius 2 is 1.48 bits per heavy atom. The van der Waals surface area contributed by atoms with Gasteiger partial charge in [-0.25, -0.2) is 0 Å².